The first-order valence-corrected chi connectivity index (χ1v) is 6.30. The van der Waals surface area contributed by atoms with Crippen LogP contribution in [0.5, 0.6) is 0 Å². The van der Waals surface area contributed by atoms with E-state index in [-0.39, 0.29) is 5.56 Å². The van der Waals surface area contributed by atoms with Gasteiger partial charge in [-0.15, -0.1) is 10.2 Å². The molecule has 0 fully saturated rings. The van der Waals surface area contributed by atoms with Crippen molar-refractivity contribution in [2.45, 2.75) is 13.8 Å². The normalized spacial score (nSPS) is 11.3. The number of hydrogen-bond donors (Lipinski definition) is 0. The summed E-state index contributed by atoms with van der Waals surface area (Å²) in [4.78, 5) is 16.7. The van der Waals surface area contributed by atoms with E-state index >= 15 is 0 Å². The summed E-state index contributed by atoms with van der Waals surface area (Å²) in [5.41, 5.74) is 4.51. The maximum absolute atomic E-state index is 12.3. The van der Waals surface area contributed by atoms with Crippen LogP contribution in [-0.2, 0) is 7.05 Å². The Morgan fingerprint density at radius 2 is 2.11 bits per heavy atom. The van der Waals surface area contributed by atoms with E-state index in [0.717, 1.165) is 11.4 Å². The smallest absolute Gasteiger partial charge is 0.267 e. The number of fused-ring (bicyclic) bond motifs is 1. The van der Waals surface area contributed by atoms with Crippen molar-refractivity contribution in [2.75, 3.05) is 0 Å². The first-order chi connectivity index (χ1) is 8.59. The number of nitrogens with zero attached hydrogens (tertiary/aromatic N) is 5. The Bertz CT molecular complexity index is 784. The van der Waals surface area contributed by atoms with Gasteiger partial charge in [0.1, 0.15) is 11.1 Å². The van der Waals surface area contributed by atoms with Crippen LogP contribution in [0.15, 0.2) is 16.4 Å². The Morgan fingerprint density at radius 3 is 2.78 bits per heavy atom. The summed E-state index contributed by atoms with van der Waals surface area (Å²) in [6, 6.07) is 1.94. The molecule has 3 aromatic rings. The molecule has 0 aliphatic heterocycles. The second-order valence-corrected chi connectivity index (χ2v) is 4.96. The highest BCUT2D eigenvalue weighted by Crippen LogP contribution is 2.22. The molecule has 3 heterocycles. The Morgan fingerprint density at radius 1 is 1.33 bits per heavy atom. The molecule has 0 saturated carbocycles. The Kier molecular flexibility index (Phi) is 2.30. The third kappa shape index (κ3) is 1.40. The minimum atomic E-state index is -0.104. The SMILES string of the molecule is Cc1cc(C)n2c(n1)c(-c1nncs1)c(=O)n2C. The molecule has 0 aromatic carbocycles. The highest BCUT2D eigenvalue weighted by molar-refractivity contribution is 7.12. The zero-order valence-corrected chi connectivity index (χ0v) is 11.0. The van der Waals surface area contributed by atoms with Crippen molar-refractivity contribution in [3.63, 3.8) is 0 Å². The zero-order chi connectivity index (χ0) is 12.9. The maximum Gasteiger partial charge on any atom is 0.279 e. The third-order valence-corrected chi connectivity index (χ3v) is 3.55. The molecular formula is C11H11N5OS. The molecule has 7 heteroatoms. The minimum absolute atomic E-state index is 0.104. The molecule has 6 nitrogen and oxygen atoms in total. The van der Waals surface area contributed by atoms with Crippen LogP contribution in [-0.4, -0.2) is 24.4 Å². The summed E-state index contributed by atoms with van der Waals surface area (Å²) in [7, 11) is 1.73. The van der Waals surface area contributed by atoms with Gasteiger partial charge < -0.3 is 0 Å². The molecule has 0 N–H and O–H groups in total. The summed E-state index contributed by atoms with van der Waals surface area (Å²) in [6.07, 6.45) is 0. The van der Waals surface area contributed by atoms with Gasteiger partial charge in [-0.2, -0.15) is 0 Å². The molecule has 0 bridgehead atoms. The average molecular weight is 261 g/mol. The van der Waals surface area contributed by atoms with Crippen molar-refractivity contribution in [1.29, 1.82) is 0 Å². The summed E-state index contributed by atoms with van der Waals surface area (Å²) < 4.78 is 3.35. The van der Waals surface area contributed by atoms with Crippen LogP contribution in [0.2, 0.25) is 0 Å². The quantitative estimate of drug-likeness (QED) is 0.659. The lowest BCUT2D eigenvalue weighted by molar-refractivity contribution is 0.659. The predicted octanol–water partition coefficient (Wildman–Crippen LogP) is 1.17. The standard InChI is InChI=1S/C11H11N5OS/c1-6-4-7(2)16-9(13-6)8(11(17)15(16)3)10-14-12-5-18-10/h4-5H,1-3H3. The first kappa shape index (κ1) is 11.1. The Hall–Kier alpha value is -2.02. The van der Waals surface area contributed by atoms with Crippen molar-refractivity contribution in [3.8, 4) is 10.6 Å². The van der Waals surface area contributed by atoms with E-state index in [2.05, 4.69) is 15.2 Å². The van der Waals surface area contributed by atoms with Crippen molar-refractivity contribution >= 4 is 17.0 Å². The van der Waals surface area contributed by atoms with Crippen LogP contribution in [0.1, 0.15) is 11.4 Å². The molecule has 0 unspecified atom stereocenters. The van der Waals surface area contributed by atoms with E-state index in [4.69, 9.17) is 0 Å². The van der Waals surface area contributed by atoms with Gasteiger partial charge in [0.05, 0.1) is 0 Å². The molecule has 3 rings (SSSR count). The fourth-order valence-corrected chi connectivity index (χ4v) is 2.72. The van der Waals surface area contributed by atoms with Gasteiger partial charge in [0.15, 0.2) is 10.7 Å². The van der Waals surface area contributed by atoms with E-state index in [9.17, 15) is 4.79 Å². The van der Waals surface area contributed by atoms with Crippen LogP contribution in [0.25, 0.3) is 16.2 Å². The molecule has 92 valence electrons. The number of rotatable bonds is 1. The number of aryl methyl sites for hydroxylation is 3. The van der Waals surface area contributed by atoms with Crippen LogP contribution < -0.4 is 5.56 Å². The lowest BCUT2D eigenvalue weighted by atomic mass is 10.3. The first-order valence-electron chi connectivity index (χ1n) is 5.42. The van der Waals surface area contributed by atoms with Gasteiger partial charge in [0, 0.05) is 18.4 Å². The van der Waals surface area contributed by atoms with E-state index < -0.39 is 0 Å². The van der Waals surface area contributed by atoms with Gasteiger partial charge in [-0.3, -0.25) is 4.79 Å². The summed E-state index contributed by atoms with van der Waals surface area (Å²) in [5.74, 6) is 0. The second kappa shape index (κ2) is 3.74. The van der Waals surface area contributed by atoms with Crippen molar-refractivity contribution < 1.29 is 0 Å². The van der Waals surface area contributed by atoms with Gasteiger partial charge in [-0.1, -0.05) is 11.3 Å². The largest absolute Gasteiger partial charge is 0.279 e. The van der Waals surface area contributed by atoms with Crippen molar-refractivity contribution in [3.05, 3.63) is 33.3 Å². The van der Waals surface area contributed by atoms with Gasteiger partial charge in [-0.25, -0.2) is 14.2 Å². The fraction of sp³-hybridized carbons (Fsp3) is 0.273. The monoisotopic (exact) mass is 261 g/mol. The molecular weight excluding hydrogens is 250 g/mol. The Labute approximate surface area is 107 Å². The van der Waals surface area contributed by atoms with Crippen LogP contribution in [0.4, 0.5) is 0 Å². The molecule has 0 radical (unpaired) electrons. The molecule has 0 saturated heterocycles. The van der Waals surface area contributed by atoms with Gasteiger partial charge in [-0.05, 0) is 19.9 Å². The summed E-state index contributed by atoms with van der Waals surface area (Å²) in [5, 5.41) is 8.36. The molecule has 3 aromatic heterocycles. The van der Waals surface area contributed by atoms with Gasteiger partial charge >= 0.3 is 0 Å². The third-order valence-electron chi connectivity index (χ3n) is 2.84. The average Bonchev–Trinajstić information content (AvgIpc) is 2.88. The van der Waals surface area contributed by atoms with Gasteiger partial charge in [0.25, 0.3) is 5.56 Å². The second-order valence-electron chi connectivity index (χ2n) is 4.12. The van der Waals surface area contributed by atoms with Gasteiger partial charge in [0.2, 0.25) is 0 Å². The molecule has 0 aliphatic rings. The minimum Gasteiger partial charge on any atom is -0.267 e. The number of aromatic nitrogens is 5. The highest BCUT2D eigenvalue weighted by atomic mass is 32.1. The van der Waals surface area contributed by atoms with E-state index in [1.54, 1.807) is 21.8 Å². The molecule has 0 amide bonds. The summed E-state index contributed by atoms with van der Waals surface area (Å²) in [6.45, 7) is 3.86. The molecule has 0 spiro atoms. The summed E-state index contributed by atoms with van der Waals surface area (Å²) >= 11 is 1.34. The molecule has 0 atom stereocenters. The molecule has 0 aliphatic carbocycles. The predicted molar refractivity (Wildman–Crippen MR) is 68.8 cm³/mol. The van der Waals surface area contributed by atoms with E-state index in [1.807, 2.05) is 19.9 Å². The van der Waals surface area contributed by atoms with E-state index in [0.29, 0.717) is 16.2 Å². The van der Waals surface area contributed by atoms with Crippen molar-refractivity contribution in [2.24, 2.45) is 7.05 Å². The maximum atomic E-state index is 12.3. The lowest BCUT2D eigenvalue weighted by Crippen LogP contribution is -2.17. The Balaban J connectivity index is 2.53. The van der Waals surface area contributed by atoms with Crippen molar-refractivity contribution in [1.82, 2.24) is 24.4 Å². The highest BCUT2D eigenvalue weighted by Gasteiger charge is 2.19. The van der Waals surface area contributed by atoms with E-state index in [1.165, 1.54) is 11.3 Å². The lowest BCUT2D eigenvalue weighted by Gasteiger charge is -2.04. The number of hydrogen-bond acceptors (Lipinski definition) is 5. The zero-order valence-electron chi connectivity index (χ0n) is 10.2. The van der Waals surface area contributed by atoms with Crippen LogP contribution >= 0.6 is 11.3 Å². The van der Waals surface area contributed by atoms with Crippen LogP contribution in [0.3, 0.4) is 0 Å². The fourth-order valence-electron chi connectivity index (χ4n) is 2.14. The van der Waals surface area contributed by atoms with Crippen LogP contribution in [0, 0.1) is 13.8 Å². The molecule has 18 heavy (non-hydrogen) atoms. The topological polar surface area (TPSA) is 65.1 Å².